The van der Waals surface area contributed by atoms with E-state index in [0.717, 1.165) is 15.7 Å². The maximum Gasteiger partial charge on any atom is 0.183 e. The highest BCUT2D eigenvalue weighted by Gasteiger charge is 2.09. The molecule has 0 saturated carbocycles. The van der Waals surface area contributed by atoms with Crippen LogP contribution in [0.5, 0.6) is 0 Å². The van der Waals surface area contributed by atoms with Crippen LogP contribution in [0.15, 0.2) is 73.4 Å². The lowest BCUT2D eigenvalue weighted by Crippen LogP contribution is -2.06. The molecule has 25 heavy (non-hydrogen) atoms. The second-order valence-electron chi connectivity index (χ2n) is 5.69. The first-order valence-electron chi connectivity index (χ1n) is 8.02. The number of nitrogens with one attached hydrogen (secondary N) is 1. The van der Waals surface area contributed by atoms with Crippen molar-refractivity contribution in [1.29, 1.82) is 0 Å². The van der Waals surface area contributed by atoms with Crippen LogP contribution in [0, 0.1) is 0 Å². The lowest BCUT2D eigenvalue weighted by atomic mass is 10.1. The van der Waals surface area contributed by atoms with Crippen molar-refractivity contribution in [3.63, 3.8) is 0 Å². The zero-order valence-electron chi connectivity index (χ0n) is 13.7. The highest BCUT2D eigenvalue weighted by Crippen LogP contribution is 2.30. The first-order valence-corrected chi connectivity index (χ1v) is 8.84. The molecule has 0 bridgehead atoms. The third-order valence-corrected chi connectivity index (χ3v) is 4.96. The van der Waals surface area contributed by atoms with Crippen LogP contribution < -0.4 is 5.32 Å². The second kappa shape index (κ2) is 6.86. The van der Waals surface area contributed by atoms with Crippen molar-refractivity contribution in [3.05, 3.63) is 79.0 Å². The van der Waals surface area contributed by atoms with Crippen LogP contribution in [0.1, 0.15) is 18.5 Å². The molecule has 1 N–H and O–H groups in total. The second-order valence-corrected chi connectivity index (χ2v) is 6.72. The van der Waals surface area contributed by atoms with Crippen molar-refractivity contribution in [2.75, 3.05) is 5.32 Å². The molecule has 124 valence electrons. The van der Waals surface area contributed by atoms with Gasteiger partial charge < -0.3 is 5.32 Å². The number of aromatic nitrogens is 4. The van der Waals surface area contributed by atoms with E-state index >= 15 is 0 Å². The average molecular weight is 347 g/mol. The van der Waals surface area contributed by atoms with Gasteiger partial charge in [0.2, 0.25) is 0 Å². The van der Waals surface area contributed by atoms with Crippen LogP contribution in [-0.4, -0.2) is 19.7 Å². The number of thiazole rings is 1. The first kappa shape index (κ1) is 15.5. The summed E-state index contributed by atoms with van der Waals surface area (Å²) in [7, 11) is 0. The molecule has 2 aromatic heterocycles. The molecule has 1 atom stereocenters. The van der Waals surface area contributed by atoms with Gasteiger partial charge in [-0.05, 0) is 30.2 Å². The molecule has 0 amide bonds. The van der Waals surface area contributed by atoms with Crippen molar-refractivity contribution in [2.24, 2.45) is 0 Å². The normalized spacial score (nSPS) is 12.0. The predicted molar refractivity (Wildman–Crippen MR) is 101 cm³/mol. The van der Waals surface area contributed by atoms with Crippen LogP contribution in [0.2, 0.25) is 0 Å². The third-order valence-electron chi connectivity index (χ3n) is 3.98. The topological polar surface area (TPSA) is 55.6 Å². The number of anilines is 1. The summed E-state index contributed by atoms with van der Waals surface area (Å²) < 4.78 is 1.74. The van der Waals surface area contributed by atoms with Gasteiger partial charge in [-0.3, -0.25) is 0 Å². The van der Waals surface area contributed by atoms with Crippen molar-refractivity contribution in [1.82, 2.24) is 19.7 Å². The highest BCUT2D eigenvalue weighted by molar-refractivity contribution is 7.18. The molecular weight excluding hydrogens is 330 g/mol. The number of hydrogen-bond donors (Lipinski definition) is 1. The van der Waals surface area contributed by atoms with Crippen molar-refractivity contribution in [3.8, 4) is 16.1 Å². The van der Waals surface area contributed by atoms with E-state index in [1.807, 2.05) is 36.5 Å². The average Bonchev–Trinajstić information content (AvgIpc) is 3.35. The molecule has 0 aliphatic rings. The van der Waals surface area contributed by atoms with Gasteiger partial charge in [-0.25, -0.2) is 14.6 Å². The Hall–Kier alpha value is -2.99. The molecule has 0 radical (unpaired) electrons. The van der Waals surface area contributed by atoms with Crippen LogP contribution in [-0.2, 0) is 0 Å². The molecule has 6 heteroatoms. The maximum absolute atomic E-state index is 4.50. The minimum absolute atomic E-state index is 0.166. The Morgan fingerprint density at radius 1 is 1.04 bits per heavy atom. The number of benzene rings is 2. The van der Waals surface area contributed by atoms with Gasteiger partial charge in [-0.2, -0.15) is 5.10 Å². The molecule has 2 aromatic carbocycles. The van der Waals surface area contributed by atoms with Crippen molar-refractivity contribution in [2.45, 2.75) is 13.0 Å². The van der Waals surface area contributed by atoms with E-state index in [-0.39, 0.29) is 6.04 Å². The van der Waals surface area contributed by atoms with Gasteiger partial charge in [0.15, 0.2) is 5.13 Å². The zero-order valence-corrected chi connectivity index (χ0v) is 14.5. The molecule has 1 unspecified atom stereocenters. The summed E-state index contributed by atoms with van der Waals surface area (Å²) in [5, 5.41) is 8.54. The van der Waals surface area contributed by atoms with Crippen LogP contribution in [0.25, 0.3) is 16.1 Å². The Kier molecular flexibility index (Phi) is 4.26. The number of rotatable bonds is 5. The number of nitrogens with zero attached hydrogens (tertiary/aromatic N) is 4. The van der Waals surface area contributed by atoms with Crippen LogP contribution >= 0.6 is 11.3 Å². The summed E-state index contributed by atoms with van der Waals surface area (Å²) in [6.45, 7) is 2.13. The van der Waals surface area contributed by atoms with Gasteiger partial charge in [-0.1, -0.05) is 53.8 Å². The van der Waals surface area contributed by atoms with E-state index in [1.54, 1.807) is 22.3 Å². The molecule has 5 nitrogen and oxygen atoms in total. The molecule has 0 fully saturated rings. The molecule has 4 aromatic rings. The lowest BCUT2D eigenvalue weighted by Gasteiger charge is -2.13. The lowest BCUT2D eigenvalue weighted by molar-refractivity contribution is 0.861. The monoisotopic (exact) mass is 347 g/mol. The Balaban J connectivity index is 1.47. The maximum atomic E-state index is 4.50. The van der Waals surface area contributed by atoms with Gasteiger partial charge in [0, 0.05) is 6.20 Å². The van der Waals surface area contributed by atoms with Gasteiger partial charge in [-0.15, -0.1) is 0 Å². The molecule has 0 saturated heterocycles. The summed E-state index contributed by atoms with van der Waals surface area (Å²) in [4.78, 5) is 9.64. The van der Waals surface area contributed by atoms with E-state index in [4.69, 9.17) is 0 Å². The van der Waals surface area contributed by atoms with Crippen LogP contribution in [0.3, 0.4) is 0 Å². The molecule has 0 aliphatic carbocycles. The van der Waals surface area contributed by atoms with Gasteiger partial charge in [0.25, 0.3) is 0 Å². The first-order chi connectivity index (χ1) is 12.3. The van der Waals surface area contributed by atoms with Gasteiger partial charge >= 0.3 is 0 Å². The zero-order chi connectivity index (χ0) is 17.1. The fourth-order valence-electron chi connectivity index (χ4n) is 2.60. The SMILES string of the molecule is CC(Nc1ncc(-c2ccccc2)s1)c1ccc(-n2cncn2)cc1. The summed E-state index contributed by atoms with van der Waals surface area (Å²) in [5.41, 5.74) is 3.38. The Morgan fingerprint density at radius 3 is 2.56 bits per heavy atom. The largest absolute Gasteiger partial charge is 0.355 e. The predicted octanol–water partition coefficient (Wildman–Crippen LogP) is 4.56. The summed E-state index contributed by atoms with van der Waals surface area (Å²) in [6, 6.07) is 18.8. The van der Waals surface area contributed by atoms with E-state index in [0.29, 0.717) is 0 Å². The Labute approximate surface area is 150 Å². The minimum Gasteiger partial charge on any atom is -0.355 e. The van der Waals surface area contributed by atoms with Crippen LogP contribution in [0.4, 0.5) is 5.13 Å². The van der Waals surface area contributed by atoms with Gasteiger partial charge in [0.1, 0.15) is 12.7 Å². The Bertz CT molecular complexity index is 930. The molecule has 0 aliphatic heterocycles. The van der Waals surface area contributed by atoms with Crippen molar-refractivity contribution < 1.29 is 0 Å². The third kappa shape index (κ3) is 3.44. The minimum atomic E-state index is 0.166. The van der Waals surface area contributed by atoms with E-state index in [2.05, 4.69) is 51.6 Å². The summed E-state index contributed by atoms with van der Waals surface area (Å²) >= 11 is 1.67. The van der Waals surface area contributed by atoms with E-state index in [1.165, 1.54) is 17.5 Å². The molecule has 0 spiro atoms. The smallest absolute Gasteiger partial charge is 0.183 e. The van der Waals surface area contributed by atoms with E-state index < -0.39 is 0 Å². The fraction of sp³-hybridized carbons (Fsp3) is 0.105. The Morgan fingerprint density at radius 2 is 1.84 bits per heavy atom. The standard InChI is InChI=1S/C19H17N5S/c1-14(15-7-9-17(10-8-15)24-13-20-12-22-24)23-19-21-11-18(25-19)16-5-3-2-4-6-16/h2-14H,1H3,(H,21,23). The van der Waals surface area contributed by atoms with Crippen molar-refractivity contribution >= 4 is 16.5 Å². The van der Waals surface area contributed by atoms with E-state index in [9.17, 15) is 0 Å². The molecular formula is C19H17N5S. The number of hydrogen-bond acceptors (Lipinski definition) is 5. The molecule has 2 heterocycles. The summed E-state index contributed by atoms with van der Waals surface area (Å²) in [6.07, 6.45) is 5.14. The van der Waals surface area contributed by atoms with Gasteiger partial charge in [0.05, 0.1) is 16.6 Å². The molecule has 4 rings (SSSR count). The summed E-state index contributed by atoms with van der Waals surface area (Å²) in [5.74, 6) is 0. The fourth-order valence-corrected chi connectivity index (χ4v) is 3.51. The highest BCUT2D eigenvalue weighted by atomic mass is 32.1. The quantitative estimate of drug-likeness (QED) is 0.575.